The molecule has 0 saturated carbocycles. The lowest BCUT2D eigenvalue weighted by molar-refractivity contribution is -0.120. The second-order valence-electron chi connectivity index (χ2n) is 16.3. The number of ether oxygens (including phenoxy) is 6. The molecule has 1 aliphatic rings. The van der Waals surface area contributed by atoms with Gasteiger partial charge in [-0.05, 0) is 80.8 Å². The monoisotopic (exact) mass is 931 g/mol. The van der Waals surface area contributed by atoms with Crippen molar-refractivity contribution in [2.45, 2.75) is 76.3 Å². The van der Waals surface area contributed by atoms with Crippen molar-refractivity contribution in [3.05, 3.63) is 139 Å². The molecule has 4 aromatic carbocycles. The van der Waals surface area contributed by atoms with Gasteiger partial charge in [0.15, 0.2) is 29.8 Å². The molecule has 3 heterocycles. The number of rotatable bonds is 22. The van der Waals surface area contributed by atoms with Crippen molar-refractivity contribution in [1.29, 1.82) is 5.26 Å². The molecule has 1 aliphatic heterocycles. The van der Waals surface area contributed by atoms with Crippen molar-refractivity contribution in [1.82, 2.24) is 24.2 Å². The van der Waals surface area contributed by atoms with Crippen LogP contribution in [0.25, 0.3) is 11.2 Å². The van der Waals surface area contributed by atoms with Gasteiger partial charge in [-0.1, -0.05) is 72.8 Å². The van der Waals surface area contributed by atoms with E-state index in [1.165, 1.54) is 11.2 Å². The van der Waals surface area contributed by atoms with Crippen molar-refractivity contribution in [3.8, 4) is 23.3 Å². The first-order valence-corrected chi connectivity index (χ1v) is 23.2. The molecule has 17 heteroatoms. The molecular formula is C50H58N7O9P. The van der Waals surface area contributed by atoms with Gasteiger partial charge in [-0.2, -0.15) is 5.26 Å². The van der Waals surface area contributed by atoms with E-state index >= 15 is 0 Å². The van der Waals surface area contributed by atoms with Crippen LogP contribution in [-0.4, -0.2) is 109 Å². The van der Waals surface area contributed by atoms with Crippen LogP contribution in [0.15, 0.2) is 122 Å². The van der Waals surface area contributed by atoms with E-state index in [2.05, 4.69) is 48.4 Å². The Kier molecular flexibility index (Phi) is 16.5. The van der Waals surface area contributed by atoms with Gasteiger partial charge in [-0.3, -0.25) is 14.3 Å². The Bertz CT molecular complexity index is 2490. The van der Waals surface area contributed by atoms with Gasteiger partial charge in [0.1, 0.15) is 47.5 Å². The third kappa shape index (κ3) is 10.7. The minimum atomic E-state index is -1.79. The Hall–Kier alpha value is -6.02. The van der Waals surface area contributed by atoms with Crippen LogP contribution >= 0.6 is 8.53 Å². The zero-order chi connectivity index (χ0) is 47.5. The Morgan fingerprint density at radius 3 is 1.97 bits per heavy atom. The summed E-state index contributed by atoms with van der Waals surface area (Å²) in [5.41, 5.74) is 2.12. The zero-order valence-electron chi connectivity index (χ0n) is 39.1. The van der Waals surface area contributed by atoms with Gasteiger partial charge < -0.3 is 37.5 Å². The molecule has 352 valence electrons. The number of imidazole rings is 1. The lowest BCUT2D eigenvalue weighted by atomic mass is 9.80. The molecule has 67 heavy (non-hydrogen) atoms. The first kappa shape index (κ1) is 48.9. The van der Waals surface area contributed by atoms with E-state index in [4.69, 9.17) is 42.5 Å². The molecule has 1 saturated heterocycles. The molecule has 1 fully saturated rings. The molecule has 1 amide bonds. The van der Waals surface area contributed by atoms with Crippen LogP contribution in [0.5, 0.6) is 17.2 Å². The van der Waals surface area contributed by atoms with Gasteiger partial charge >= 0.3 is 0 Å². The highest BCUT2D eigenvalue weighted by molar-refractivity contribution is 7.44. The number of hydrogen-bond acceptors (Lipinski definition) is 14. The normalized spacial score (nSPS) is 17.8. The topological polar surface area (TPSA) is 165 Å². The van der Waals surface area contributed by atoms with Crippen molar-refractivity contribution in [3.63, 3.8) is 0 Å². The maximum absolute atomic E-state index is 13.5. The molecule has 0 aliphatic carbocycles. The standard InChI is InChI=1S/C50H58N7O9P/c1-34(2)57(35(3)4)67(64-29-15-28-51)66-45-42(30-63-50(36-16-11-9-12-17-36,37-20-24-39(59-6)25-21-37)38-22-26-40(60-7)27-23-38)65-49(46(45)61-8)56-33-54-44-47(52-32-53-48(44)56)55(5)43(58)31-62-41-18-13-10-14-19-41/h9-14,16-27,32-35,42,45-46,49H,15,29-31H2,1-8H3/t42-,45-,46-,49-,67?/m1/s1. The van der Waals surface area contributed by atoms with E-state index in [1.54, 1.807) is 51.4 Å². The summed E-state index contributed by atoms with van der Waals surface area (Å²) in [4.78, 5) is 28.7. The summed E-state index contributed by atoms with van der Waals surface area (Å²) in [6, 6.07) is 37.0. The fraction of sp³-hybridized carbons (Fsp3) is 0.380. The number of nitriles is 1. The summed E-state index contributed by atoms with van der Waals surface area (Å²) in [5.74, 6) is 1.91. The fourth-order valence-corrected chi connectivity index (χ4v) is 10.0. The average Bonchev–Trinajstić information content (AvgIpc) is 3.94. The molecule has 2 aromatic heterocycles. The van der Waals surface area contributed by atoms with E-state index in [0.717, 1.165) is 16.7 Å². The van der Waals surface area contributed by atoms with E-state index in [1.807, 2.05) is 97.1 Å². The fourth-order valence-electron chi connectivity index (χ4n) is 8.27. The quantitative estimate of drug-likeness (QED) is 0.0362. The summed E-state index contributed by atoms with van der Waals surface area (Å²) >= 11 is 0. The van der Waals surface area contributed by atoms with Crippen LogP contribution in [0, 0.1) is 11.3 Å². The molecule has 0 radical (unpaired) electrons. The van der Waals surface area contributed by atoms with E-state index < -0.39 is 38.7 Å². The third-order valence-electron chi connectivity index (χ3n) is 11.5. The number of amides is 1. The van der Waals surface area contributed by atoms with E-state index in [-0.39, 0.29) is 50.1 Å². The molecule has 1 unspecified atom stereocenters. The van der Waals surface area contributed by atoms with Crippen LogP contribution in [0.2, 0.25) is 0 Å². The highest BCUT2D eigenvalue weighted by atomic mass is 31.2. The summed E-state index contributed by atoms with van der Waals surface area (Å²) in [6.07, 6.45) is -0.0802. The Morgan fingerprint density at radius 1 is 0.806 bits per heavy atom. The average molecular weight is 932 g/mol. The lowest BCUT2D eigenvalue weighted by Gasteiger charge is -2.39. The zero-order valence-corrected chi connectivity index (χ0v) is 40.0. The summed E-state index contributed by atoms with van der Waals surface area (Å²) < 4.78 is 55.4. The molecular weight excluding hydrogens is 874 g/mol. The Morgan fingerprint density at radius 2 is 1.40 bits per heavy atom. The number of hydrogen-bond donors (Lipinski definition) is 0. The minimum absolute atomic E-state index is 0.00970. The van der Waals surface area contributed by atoms with Gasteiger partial charge in [0, 0.05) is 26.2 Å². The first-order chi connectivity index (χ1) is 32.5. The van der Waals surface area contributed by atoms with Crippen LogP contribution < -0.4 is 19.1 Å². The number of anilines is 1. The Labute approximate surface area is 393 Å². The van der Waals surface area contributed by atoms with Gasteiger partial charge in [-0.15, -0.1) is 0 Å². The first-order valence-electron chi connectivity index (χ1n) is 22.1. The van der Waals surface area contributed by atoms with Crippen LogP contribution in [0.3, 0.4) is 0 Å². The molecule has 0 N–H and O–H groups in total. The number of para-hydroxylation sites is 1. The van der Waals surface area contributed by atoms with Crippen molar-refractivity contribution in [2.75, 3.05) is 53.1 Å². The van der Waals surface area contributed by atoms with Crippen molar-refractivity contribution < 1.29 is 42.3 Å². The molecule has 7 rings (SSSR count). The SMILES string of the molecule is COc1ccc(C(OC[C@H]2O[C@@H](n3cnc4c(N(C)C(=O)COc5ccccc5)ncnc43)[C@H](OC)[C@@H]2OP(OCCC#N)N(C(C)C)C(C)C)(c2ccccc2)c2ccc(OC)cc2)cc1. The number of methoxy groups -OCH3 is 3. The highest BCUT2D eigenvalue weighted by Gasteiger charge is 2.51. The highest BCUT2D eigenvalue weighted by Crippen LogP contribution is 2.51. The molecule has 6 aromatic rings. The van der Waals surface area contributed by atoms with E-state index in [9.17, 15) is 10.1 Å². The predicted octanol–water partition coefficient (Wildman–Crippen LogP) is 8.47. The number of nitrogens with zero attached hydrogens (tertiary/aromatic N) is 7. The number of carbonyl (C=O) groups excluding carboxylic acids is 1. The summed E-state index contributed by atoms with van der Waals surface area (Å²) in [6.45, 7) is 8.26. The van der Waals surface area contributed by atoms with Gasteiger partial charge in [-0.25, -0.2) is 19.6 Å². The van der Waals surface area contributed by atoms with Crippen molar-refractivity contribution >= 4 is 31.4 Å². The maximum Gasteiger partial charge on any atom is 0.265 e. The van der Waals surface area contributed by atoms with Crippen LogP contribution in [0.1, 0.15) is 57.0 Å². The Balaban J connectivity index is 1.31. The number of fused-ring (bicyclic) bond motifs is 1. The van der Waals surface area contributed by atoms with E-state index in [0.29, 0.717) is 28.4 Å². The third-order valence-corrected chi connectivity index (χ3v) is 13.6. The predicted molar refractivity (Wildman–Crippen MR) is 254 cm³/mol. The second-order valence-corrected chi connectivity index (χ2v) is 17.7. The molecule has 0 spiro atoms. The summed E-state index contributed by atoms with van der Waals surface area (Å²) in [5, 5.41) is 9.52. The lowest BCUT2D eigenvalue weighted by Crippen LogP contribution is -2.42. The van der Waals surface area contributed by atoms with Crippen LogP contribution in [-0.2, 0) is 33.7 Å². The van der Waals surface area contributed by atoms with Gasteiger partial charge in [0.25, 0.3) is 14.4 Å². The van der Waals surface area contributed by atoms with Gasteiger partial charge in [0.2, 0.25) is 0 Å². The smallest absolute Gasteiger partial charge is 0.265 e. The number of benzene rings is 4. The minimum Gasteiger partial charge on any atom is -0.497 e. The largest absolute Gasteiger partial charge is 0.497 e. The molecule has 16 nitrogen and oxygen atoms in total. The summed E-state index contributed by atoms with van der Waals surface area (Å²) in [7, 11) is 4.70. The maximum atomic E-state index is 13.5. The molecule has 0 bridgehead atoms. The number of aromatic nitrogens is 4. The second kappa shape index (κ2) is 22.6. The van der Waals surface area contributed by atoms with Crippen molar-refractivity contribution in [2.24, 2.45) is 0 Å². The molecule has 5 atom stereocenters. The number of carbonyl (C=O) groups is 1. The van der Waals surface area contributed by atoms with Gasteiger partial charge in [0.05, 0.1) is 46.3 Å². The van der Waals surface area contributed by atoms with Crippen LogP contribution in [0.4, 0.5) is 5.82 Å². The number of likely N-dealkylation sites (N-methyl/N-ethyl adjacent to an activating group) is 1.